The van der Waals surface area contributed by atoms with Gasteiger partial charge in [-0.2, -0.15) is 0 Å². The van der Waals surface area contributed by atoms with E-state index in [1.807, 2.05) is 11.6 Å². The van der Waals surface area contributed by atoms with E-state index in [0.29, 0.717) is 11.4 Å². The van der Waals surface area contributed by atoms with Gasteiger partial charge in [-0.1, -0.05) is 29.8 Å². The first-order chi connectivity index (χ1) is 15.5. The Kier molecular flexibility index (Phi) is 6.24. The molecular weight excluding hydrogens is 465 g/mol. The van der Waals surface area contributed by atoms with E-state index in [4.69, 9.17) is 11.6 Å². The molecule has 10 heteroatoms. The normalized spacial score (nSPS) is 16.8. The zero-order valence-electron chi connectivity index (χ0n) is 19.0. The van der Waals surface area contributed by atoms with Gasteiger partial charge in [-0.15, -0.1) is 10.2 Å². The maximum Gasteiger partial charge on any atom is 0.264 e. The topological polar surface area (TPSA) is 80.1 Å². The lowest BCUT2D eigenvalue weighted by Gasteiger charge is -2.37. The molecule has 2 heterocycles. The number of sulfonamides is 1. The predicted molar refractivity (Wildman–Crippen MR) is 127 cm³/mol. The van der Waals surface area contributed by atoms with E-state index in [1.54, 1.807) is 39.0 Å². The van der Waals surface area contributed by atoms with E-state index in [-0.39, 0.29) is 21.6 Å². The van der Waals surface area contributed by atoms with Crippen LogP contribution in [0.5, 0.6) is 0 Å². The number of benzene rings is 2. The van der Waals surface area contributed by atoms with Gasteiger partial charge in [-0.25, -0.2) is 12.8 Å². The minimum Gasteiger partial charge on any atom is -0.313 e. The van der Waals surface area contributed by atoms with Gasteiger partial charge < -0.3 is 9.88 Å². The Morgan fingerprint density at radius 3 is 2.48 bits per heavy atom. The minimum absolute atomic E-state index is 0.0578. The summed E-state index contributed by atoms with van der Waals surface area (Å²) in [4.78, 5) is 0.107. The van der Waals surface area contributed by atoms with Crippen molar-refractivity contribution in [3.05, 3.63) is 59.1 Å². The minimum atomic E-state index is -4.04. The van der Waals surface area contributed by atoms with Gasteiger partial charge in [-0.3, -0.25) is 4.31 Å². The van der Waals surface area contributed by atoms with E-state index >= 15 is 0 Å². The van der Waals surface area contributed by atoms with Crippen LogP contribution in [0.15, 0.2) is 47.4 Å². The van der Waals surface area contributed by atoms with Gasteiger partial charge in [0.15, 0.2) is 5.82 Å². The van der Waals surface area contributed by atoms with Crippen LogP contribution in [-0.2, 0) is 17.1 Å². The molecule has 4 rings (SSSR count). The van der Waals surface area contributed by atoms with Crippen molar-refractivity contribution in [3.8, 4) is 11.4 Å². The molecule has 0 amide bonds. The lowest BCUT2D eigenvalue weighted by atomic mass is 10.1. The van der Waals surface area contributed by atoms with Crippen molar-refractivity contribution >= 4 is 27.3 Å². The molecule has 1 aliphatic rings. The third-order valence-electron chi connectivity index (χ3n) is 5.67. The summed E-state index contributed by atoms with van der Waals surface area (Å²) < 4.78 is 45.4. The van der Waals surface area contributed by atoms with E-state index in [9.17, 15) is 12.8 Å². The number of aromatic nitrogens is 3. The first-order valence-corrected chi connectivity index (χ1v) is 12.6. The highest BCUT2D eigenvalue weighted by molar-refractivity contribution is 7.93. The van der Waals surface area contributed by atoms with Gasteiger partial charge in [0, 0.05) is 24.2 Å². The van der Waals surface area contributed by atoms with Gasteiger partial charge in [-0.05, 0) is 58.4 Å². The molecule has 0 aliphatic carbocycles. The highest BCUT2D eigenvalue weighted by Crippen LogP contribution is 2.41. The Hall–Kier alpha value is -2.49. The molecule has 0 spiro atoms. The molecule has 2 aromatic carbocycles. The van der Waals surface area contributed by atoms with Gasteiger partial charge in [0.1, 0.15) is 11.6 Å². The lowest BCUT2D eigenvalue weighted by molar-refractivity contribution is 0.534. The third kappa shape index (κ3) is 4.37. The quantitative estimate of drug-likeness (QED) is 0.560. The SMILES string of the molecule is Cn1c(-c2cc(Cl)c(F)cc2N(C(C)(C)C)S(=O)(=O)c2ccccc2)nnc1[C@H]1CCCN1. The number of nitrogens with zero attached hydrogens (tertiary/aromatic N) is 4. The number of nitrogens with one attached hydrogen (secondary N) is 1. The summed E-state index contributed by atoms with van der Waals surface area (Å²) in [5, 5.41) is 12.0. The molecule has 0 saturated carbocycles. The second kappa shape index (κ2) is 8.70. The van der Waals surface area contributed by atoms with Gasteiger partial charge >= 0.3 is 0 Å². The first kappa shape index (κ1) is 23.7. The zero-order valence-corrected chi connectivity index (χ0v) is 20.6. The molecule has 1 aliphatic heterocycles. The molecule has 1 atom stereocenters. The molecule has 1 aromatic heterocycles. The first-order valence-electron chi connectivity index (χ1n) is 10.7. The van der Waals surface area contributed by atoms with Crippen molar-refractivity contribution in [2.75, 3.05) is 10.8 Å². The number of rotatable bonds is 5. The van der Waals surface area contributed by atoms with Crippen molar-refractivity contribution in [1.82, 2.24) is 20.1 Å². The molecule has 176 valence electrons. The largest absolute Gasteiger partial charge is 0.313 e. The molecule has 0 unspecified atom stereocenters. The summed E-state index contributed by atoms with van der Waals surface area (Å²) in [6, 6.07) is 10.7. The monoisotopic (exact) mass is 491 g/mol. The fraction of sp³-hybridized carbons (Fsp3) is 0.391. The summed E-state index contributed by atoms with van der Waals surface area (Å²) in [5.74, 6) is 0.433. The van der Waals surface area contributed by atoms with Crippen LogP contribution in [0.2, 0.25) is 5.02 Å². The molecule has 0 radical (unpaired) electrons. The Balaban J connectivity index is 1.95. The Bertz CT molecular complexity index is 1270. The van der Waals surface area contributed by atoms with Gasteiger partial charge in [0.05, 0.1) is 21.6 Å². The van der Waals surface area contributed by atoms with Crippen molar-refractivity contribution in [2.45, 2.75) is 50.1 Å². The van der Waals surface area contributed by atoms with Crippen LogP contribution in [0.3, 0.4) is 0 Å². The number of halogens is 2. The molecule has 1 fully saturated rings. The van der Waals surface area contributed by atoms with Crippen LogP contribution in [0.1, 0.15) is 45.5 Å². The Labute approximate surface area is 198 Å². The standard InChI is InChI=1S/C23H27ClFN5O2S/c1-23(2,3)30(33(31,32)15-9-6-5-7-10-15)20-14-18(25)17(24)13-16(20)21-27-28-22(29(21)4)19-11-8-12-26-19/h5-7,9-10,13-14,19,26H,8,11-12H2,1-4H3/t19-/m1/s1. The Morgan fingerprint density at radius 2 is 1.88 bits per heavy atom. The average Bonchev–Trinajstić information content (AvgIpc) is 3.40. The van der Waals surface area contributed by atoms with E-state index < -0.39 is 21.4 Å². The molecule has 1 saturated heterocycles. The summed E-state index contributed by atoms with van der Waals surface area (Å²) in [6.07, 6.45) is 1.97. The molecule has 33 heavy (non-hydrogen) atoms. The highest BCUT2D eigenvalue weighted by atomic mass is 35.5. The van der Waals surface area contributed by atoms with Crippen molar-refractivity contribution in [3.63, 3.8) is 0 Å². The van der Waals surface area contributed by atoms with Crippen LogP contribution >= 0.6 is 11.6 Å². The van der Waals surface area contributed by atoms with Crippen molar-refractivity contribution < 1.29 is 12.8 Å². The van der Waals surface area contributed by atoms with Crippen LogP contribution < -0.4 is 9.62 Å². The van der Waals surface area contributed by atoms with Crippen LogP contribution in [0.25, 0.3) is 11.4 Å². The average molecular weight is 492 g/mol. The van der Waals surface area contributed by atoms with E-state index in [2.05, 4.69) is 15.5 Å². The molecule has 0 bridgehead atoms. The summed E-state index contributed by atoms with van der Waals surface area (Å²) >= 11 is 6.16. The Morgan fingerprint density at radius 1 is 1.18 bits per heavy atom. The van der Waals surface area contributed by atoms with E-state index in [0.717, 1.165) is 31.3 Å². The smallest absolute Gasteiger partial charge is 0.264 e. The maximum atomic E-state index is 14.8. The summed E-state index contributed by atoms with van der Waals surface area (Å²) in [6.45, 7) is 6.17. The zero-order chi connectivity index (χ0) is 24.0. The van der Waals surface area contributed by atoms with Crippen LogP contribution in [0.4, 0.5) is 10.1 Å². The van der Waals surface area contributed by atoms with Gasteiger partial charge in [0.25, 0.3) is 10.0 Å². The van der Waals surface area contributed by atoms with Crippen molar-refractivity contribution in [1.29, 1.82) is 0 Å². The second-order valence-corrected chi connectivity index (χ2v) is 11.3. The van der Waals surface area contributed by atoms with Crippen molar-refractivity contribution in [2.24, 2.45) is 7.05 Å². The summed E-state index contributed by atoms with van der Waals surface area (Å²) in [7, 11) is -2.22. The third-order valence-corrected chi connectivity index (χ3v) is 8.05. The molecule has 7 nitrogen and oxygen atoms in total. The molecule has 1 N–H and O–H groups in total. The number of anilines is 1. The molecular formula is C23H27ClFN5O2S. The highest BCUT2D eigenvalue weighted by Gasteiger charge is 2.37. The second-order valence-electron chi connectivity index (χ2n) is 9.13. The fourth-order valence-corrected chi connectivity index (χ4v) is 6.22. The predicted octanol–water partition coefficient (Wildman–Crippen LogP) is 4.69. The van der Waals surface area contributed by atoms with Crippen LogP contribution in [0, 0.1) is 5.82 Å². The summed E-state index contributed by atoms with van der Waals surface area (Å²) in [5.41, 5.74) is -0.386. The van der Waals surface area contributed by atoms with Crippen LogP contribution in [-0.4, -0.2) is 35.3 Å². The fourth-order valence-electron chi connectivity index (χ4n) is 4.22. The van der Waals surface area contributed by atoms with E-state index in [1.165, 1.54) is 22.5 Å². The maximum absolute atomic E-state index is 14.8. The number of hydrogen-bond donors (Lipinski definition) is 1. The lowest BCUT2D eigenvalue weighted by Crippen LogP contribution is -2.46. The van der Waals surface area contributed by atoms with Gasteiger partial charge in [0.2, 0.25) is 0 Å². The number of hydrogen-bond acceptors (Lipinski definition) is 5. The molecule has 3 aromatic rings.